The van der Waals surface area contributed by atoms with E-state index in [4.69, 9.17) is 5.73 Å². The van der Waals surface area contributed by atoms with Crippen LogP contribution in [0.1, 0.15) is 26.2 Å². The van der Waals surface area contributed by atoms with Gasteiger partial charge in [0, 0.05) is 12.1 Å². The summed E-state index contributed by atoms with van der Waals surface area (Å²) in [7, 11) is 2.17. The van der Waals surface area contributed by atoms with E-state index in [0.29, 0.717) is 12.1 Å². The van der Waals surface area contributed by atoms with E-state index < -0.39 is 0 Å². The maximum Gasteiger partial charge on any atom is 0.0244 e. The van der Waals surface area contributed by atoms with E-state index >= 15 is 0 Å². The lowest BCUT2D eigenvalue weighted by Gasteiger charge is -2.24. The molecule has 0 bridgehead atoms. The Hall–Kier alpha value is -0.0800. The maximum absolute atomic E-state index is 5.93. The van der Waals surface area contributed by atoms with E-state index in [9.17, 15) is 0 Å². The molecule has 10 heavy (non-hydrogen) atoms. The molecule has 0 radical (unpaired) electrons. The first-order valence-corrected chi connectivity index (χ1v) is 4.21. The highest BCUT2D eigenvalue weighted by molar-refractivity contribution is 4.84. The van der Waals surface area contributed by atoms with Crippen LogP contribution >= 0.6 is 0 Å². The topological polar surface area (TPSA) is 29.3 Å². The van der Waals surface area contributed by atoms with Crippen molar-refractivity contribution in [3.8, 4) is 0 Å². The summed E-state index contributed by atoms with van der Waals surface area (Å²) < 4.78 is 0. The molecule has 2 nitrogen and oxygen atoms in total. The number of nitrogens with two attached hydrogens (primary N) is 1. The molecule has 2 atom stereocenters. The monoisotopic (exact) mass is 142 g/mol. The highest BCUT2D eigenvalue weighted by atomic mass is 15.2. The van der Waals surface area contributed by atoms with Crippen LogP contribution in [0.4, 0.5) is 0 Å². The second kappa shape index (κ2) is 3.35. The van der Waals surface area contributed by atoms with Crippen LogP contribution in [0.15, 0.2) is 0 Å². The largest absolute Gasteiger partial charge is 0.326 e. The number of rotatable bonds is 2. The quantitative estimate of drug-likeness (QED) is 0.618. The predicted octanol–water partition coefficient (Wildman–Crippen LogP) is 0.818. The third-order valence-corrected chi connectivity index (χ3v) is 2.54. The predicted molar refractivity (Wildman–Crippen MR) is 43.9 cm³/mol. The van der Waals surface area contributed by atoms with Gasteiger partial charge in [-0.25, -0.2) is 0 Å². The number of hydrogen-bond acceptors (Lipinski definition) is 2. The Balaban J connectivity index is 2.38. The fraction of sp³-hybridized carbons (Fsp3) is 1.00. The molecule has 1 heterocycles. The minimum atomic E-state index is 0.396. The zero-order valence-electron chi connectivity index (χ0n) is 7.01. The van der Waals surface area contributed by atoms with E-state index in [-0.39, 0.29) is 0 Å². The summed E-state index contributed by atoms with van der Waals surface area (Å²) >= 11 is 0. The molecule has 1 fully saturated rings. The van der Waals surface area contributed by atoms with Gasteiger partial charge in [0.15, 0.2) is 0 Å². The lowest BCUT2D eigenvalue weighted by atomic mass is 10.1. The second-order valence-electron chi connectivity index (χ2n) is 3.26. The van der Waals surface area contributed by atoms with Crippen molar-refractivity contribution in [2.45, 2.75) is 38.3 Å². The summed E-state index contributed by atoms with van der Waals surface area (Å²) in [6, 6.07) is 1.05. The molecule has 0 saturated carbocycles. The molecule has 0 aromatic heterocycles. The average Bonchev–Trinajstić information content (AvgIpc) is 2.34. The fourth-order valence-corrected chi connectivity index (χ4v) is 1.75. The Morgan fingerprint density at radius 3 is 2.80 bits per heavy atom. The minimum absolute atomic E-state index is 0.396. The minimum Gasteiger partial charge on any atom is -0.326 e. The molecule has 0 aliphatic carbocycles. The fourth-order valence-electron chi connectivity index (χ4n) is 1.75. The normalized spacial score (nSPS) is 30.9. The van der Waals surface area contributed by atoms with E-state index in [1.54, 1.807) is 0 Å². The van der Waals surface area contributed by atoms with E-state index in [1.165, 1.54) is 19.4 Å². The molecule has 2 unspecified atom stereocenters. The Labute approximate surface area is 63.4 Å². The van der Waals surface area contributed by atoms with Gasteiger partial charge in [-0.1, -0.05) is 6.92 Å². The third-order valence-electron chi connectivity index (χ3n) is 2.54. The summed E-state index contributed by atoms with van der Waals surface area (Å²) in [5.41, 5.74) is 5.93. The van der Waals surface area contributed by atoms with Crippen LogP contribution in [0.2, 0.25) is 0 Å². The molecule has 0 spiro atoms. The first kappa shape index (κ1) is 8.02. The highest BCUT2D eigenvalue weighted by Crippen LogP contribution is 2.17. The second-order valence-corrected chi connectivity index (χ2v) is 3.26. The zero-order valence-corrected chi connectivity index (χ0v) is 7.01. The Morgan fingerprint density at radius 2 is 2.40 bits per heavy atom. The van der Waals surface area contributed by atoms with Crippen LogP contribution < -0.4 is 5.73 Å². The molecule has 2 heteroatoms. The molecule has 1 saturated heterocycles. The summed E-state index contributed by atoms with van der Waals surface area (Å²) in [5.74, 6) is 0. The van der Waals surface area contributed by atoms with Crippen molar-refractivity contribution < 1.29 is 0 Å². The molecule has 0 aromatic carbocycles. The van der Waals surface area contributed by atoms with Gasteiger partial charge in [-0.05, 0) is 32.9 Å². The Morgan fingerprint density at radius 1 is 1.70 bits per heavy atom. The molecule has 2 N–H and O–H groups in total. The van der Waals surface area contributed by atoms with Crippen molar-refractivity contribution in [2.75, 3.05) is 13.6 Å². The van der Waals surface area contributed by atoms with Crippen LogP contribution in [0, 0.1) is 0 Å². The summed E-state index contributed by atoms with van der Waals surface area (Å²) in [4.78, 5) is 2.38. The first-order valence-electron chi connectivity index (χ1n) is 4.21. The molecule has 60 valence electrons. The van der Waals surface area contributed by atoms with Gasteiger partial charge in [-0.3, -0.25) is 0 Å². The average molecular weight is 142 g/mol. The van der Waals surface area contributed by atoms with Crippen LogP contribution in [-0.2, 0) is 0 Å². The maximum atomic E-state index is 5.93. The SMILES string of the molecule is CCC(N)C1CCCN1C. The smallest absolute Gasteiger partial charge is 0.0244 e. The summed E-state index contributed by atoms with van der Waals surface area (Å²) in [6.45, 7) is 3.40. The van der Waals surface area contributed by atoms with Crippen LogP contribution in [0.5, 0.6) is 0 Å². The number of hydrogen-bond donors (Lipinski definition) is 1. The van der Waals surface area contributed by atoms with Gasteiger partial charge in [0.05, 0.1) is 0 Å². The molecule has 0 aromatic rings. The third kappa shape index (κ3) is 1.50. The molecule has 1 rings (SSSR count). The zero-order chi connectivity index (χ0) is 7.56. The van der Waals surface area contributed by atoms with Crippen LogP contribution in [-0.4, -0.2) is 30.6 Å². The van der Waals surface area contributed by atoms with Gasteiger partial charge in [-0.2, -0.15) is 0 Å². The molecular formula is C8H18N2. The van der Waals surface area contributed by atoms with Gasteiger partial charge < -0.3 is 10.6 Å². The van der Waals surface area contributed by atoms with Crippen molar-refractivity contribution in [3.63, 3.8) is 0 Å². The first-order chi connectivity index (χ1) is 4.75. The number of likely N-dealkylation sites (N-methyl/N-ethyl adjacent to an activating group) is 1. The van der Waals surface area contributed by atoms with Crippen molar-refractivity contribution in [2.24, 2.45) is 5.73 Å². The lowest BCUT2D eigenvalue weighted by Crippen LogP contribution is -2.41. The van der Waals surface area contributed by atoms with E-state index in [2.05, 4.69) is 18.9 Å². The summed E-state index contributed by atoms with van der Waals surface area (Å²) in [5, 5.41) is 0. The van der Waals surface area contributed by atoms with Gasteiger partial charge in [0.1, 0.15) is 0 Å². The van der Waals surface area contributed by atoms with Crippen molar-refractivity contribution in [1.29, 1.82) is 0 Å². The number of nitrogens with zero attached hydrogens (tertiary/aromatic N) is 1. The van der Waals surface area contributed by atoms with Gasteiger partial charge in [0.25, 0.3) is 0 Å². The van der Waals surface area contributed by atoms with E-state index in [0.717, 1.165) is 6.42 Å². The standard InChI is InChI=1S/C8H18N2/c1-3-7(9)8-5-4-6-10(8)2/h7-8H,3-6,9H2,1-2H3. The van der Waals surface area contributed by atoms with Crippen LogP contribution in [0.25, 0.3) is 0 Å². The van der Waals surface area contributed by atoms with Crippen LogP contribution in [0.3, 0.4) is 0 Å². The molecule has 1 aliphatic heterocycles. The summed E-state index contributed by atoms with van der Waals surface area (Å²) in [6.07, 6.45) is 3.73. The van der Waals surface area contributed by atoms with Gasteiger partial charge >= 0.3 is 0 Å². The highest BCUT2D eigenvalue weighted by Gasteiger charge is 2.25. The van der Waals surface area contributed by atoms with Gasteiger partial charge in [0.2, 0.25) is 0 Å². The molecule has 0 amide bonds. The van der Waals surface area contributed by atoms with Crippen molar-refractivity contribution in [3.05, 3.63) is 0 Å². The Kier molecular flexibility index (Phi) is 2.69. The lowest BCUT2D eigenvalue weighted by molar-refractivity contribution is 0.267. The molecule has 1 aliphatic rings. The number of likely N-dealkylation sites (tertiary alicyclic amines) is 1. The Bertz CT molecular complexity index is 103. The van der Waals surface area contributed by atoms with Crippen molar-refractivity contribution in [1.82, 2.24) is 4.90 Å². The van der Waals surface area contributed by atoms with Crippen molar-refractivity contribution >= 4 is 0 Å². The van der Waals surface area contributed by atoms with Gasteiger partial charge in [-0.15, -0.1) is 0 Å². The van der Waals surface area contributed by atoms with E-state index in [1.807, 2.05) is 0 Å². The molecular weight excluding hydrogens is 124 g/mol.